The van der Waals surface area contributed by atoms with Gasteiger partial charge in [-0.05, 0) is 55.3 Å². The van der Waals surface area contributed by atoms with Crippen molar-refractivity contribution in [3.05, 3.63) is 53.1 Å². The highest BCUT2D eigenvalue weighted by Crippen LogP contribution is 2.23. The third-order valence-corrected chi connectivity index (χ3v) is 2.86. The number of benzene rings is 2. The molecule has 0 aromatic heterocycles. The fourth-order valence-corrected chi connectivity index (χ4v) is 1.81. The summed E-state index contributed by atoms with van der Waals surface area (Å²) in [7, 11) is 0. The minimum Gasteiger partial charge on any atom is -0.508 e. The van der Waals surface area contributed by atoms with Crippen molar-refractivity contribution < 1.29 is 15.0 Å². The van der Waals surface area contributed by atoms with Crippen molar-refractivity contribution in [3.8, 4) is 11.5 Å². The van der Waals surface area contributed by atoms with Crippen LogP contribution >= 0.6 is 0 Å². The van der Waals surface area contributed by atoms with Gasteiger partial charge in [-0.25, -0.2) is 0 Å². The van der Waals surface area contributed by atoms with Gasteiger partial charge in [0.05, 0.1) is 5.56 Å². The number of hydrogen-bond acceptors (Lipinski definition) is 3. The minimum absolute atomic E-state index is 0.0473. The molecule has 0 heterocycles. The molecule has 0 aliphatic carbocycles. The molecular weight excluding hydrogens is 242 g/mol. The molecule has 2 aromatic rings. The summed E-state index contributed by atoms with van der Waals surface area (Å²) in [6, 6.07) is 9.56. The van der Waals surface area contributed by atoms with Crippen LogP contribution in [0.1, 0.15) is 21.5 Å². The molecule has 4 nitrogen and oxygen atoms in total. The third-order valence-electron chi connectivity index (χ3n) is 2.86. The Morgan fingerprint density at radius 2 is 1.79 bits per heavy atom. The zero-order chi connectivity index (χ0) is 14.0. The molecule has 0 saturated heterocycles. The lowest BCUT2D eigenvalue weighted by molar-refractivity contribution is 0.102. The van der Waals surface area contributed by atoms with Crippen molar-refractivity contribution in [3.63, 3.8) is 0 Å². The monoisotopic (exact) mass is 257 g/mol. The molecule has 19 heavy (non-hydrogen) atoms. The summed E-state index contributed by atoms with van der Waals surface area (Å²) >= 11 is 0. The lowest BCUT2D eigenvalue weighted by Gasteiger charge is -2.10. The first kappa shape index (κ1) is 13.0. The van der Waals surface area contributed by atoms with Crippen molar-refractivity contribution in [1.82, 2.24) is 0 Å². The number of aryl methyl sites for hydroxylation is 2. The molecule has 0 atom stereocenters. The zero-order valence-corrected chi connectivity index (χ0v) is 10.8. The molecule has 3 N–H and O–H groups in total. The number of carbonyl (C=O) groups is 1. The zero-order valence-electron chi connectivity index (χ0n) is 10.8. The molecule has 1 amide bonds. The van der Waals surface area contributed by atoms with E-state index in [9.17, 15) is 15.0 Å². The average molecular weight is 257 g/mol. The average Bonchev–Trinajstić information content (AvgIpc) is 2.32. The molecule has 98 valence electrons. The van der Waals surface area contributed by atoms with Crippen LogP contribution in [-0.4, -0.2) is 16.1 Å². The Morgan fingerprint density at radius 3 is 2.42 bits per heavy atom. The molecule has 0 fully saturated rings. The topological polar surface area (TPSA) is 69.6 Å². The van der Waals surface area contributed by atoms with Crippen molar-refractivity contribution >= 4 is 11.6 Å². The van der Waals surface area contributed by atoms with Gasteiger partial charge in [-0.3, -0.25) is 4.79 Å². The molecule has 0 aliphatic heterocycles. The number of phenols is 2. The molecule has 0 bridgehead atoms. The summed E-state index contributed by atoms with van der Waals surface area (Å²) in [5, 5.41) is 21.8. The van der Waals surface area contributed by atoms with E-state index in [2.05, 4.69) is 5.32 Å². The molecule has 0 radical (unpaired) electrons. The maximum Gasteiger partial charge on any atom is 0.259 e. The van der Waals surface area contributed by atoms with E-state index in [4.69, 9.17) is 0 Å². The third kappa shape index (κ3) is 2.85. The highest BCUT2D eigenvalue weighted by Gasteiger charge is 2.12. The largest absolute Gasteiger partial charge is 0.508 e. The van der Waals surface area contributed by atoms with Gasteiger partial charge in [0.15, 0.2) is 0 Å². The molecule has 2 rings (SSSR count). The van der Waals surface area contributed by atoms with Gasteiger partial charge in [0, 0.05) is 5.69 Å². The minimum atomic E-state index is -0.383. The normalized spacial score (nSPS) is 10.2. The molecule has 2 aromatic carbocycles. The van der Waals surface area contributed by atoms with Crippen LogP contribution < -0.4 is 5.32 Å². The SMILES string of the molecule is Cc1ccc(C(=O)Nc2ccc(O)cc2C)c(O)c1. The van der Waals surface area contributed by atoms with Gasteiger partial charge < -0.3 is 15.5 Å². The summed E-state index contributed by atoms with van der Waals surface area (Å²) in [4.78, 5) is 12.0. The molecule has 0 spiro atoms. The van der Waals surface area contributed by atoms with E-state index in [1.807, 2.05) is 6.92 Å². The highest BCUT2D eigenvalue weighted by molar-refractivity contribution is 6.06. The van der Waals surface area contributed by atoms with Crippen LogP contribution in [0.2, 0.25) is 0 Å². The molecule has 0 unspecified atom stereocenters. The van der Waals surface area contributed by atoms with Crippen molar-refractivity contribution in [2.45, 2.75) is 13.8 Å². The Kier molecular flexibility index (Phi) is 3.42. The quantitative estimate of drug-likeness (QED) is 0.724. The van der Waals surface area contributed by atoms with Gasteiger partial charge in [-0.1, -0.05) is 6.07 Å². The Labute approximate surface area is 111 Å². The van der Waals surface area contributed by atoms with Crippen molar-refractivity contribution in [2.75, 3.05) is 5.32 Å². The van der Waals surface area contributed by atoms with Crippen LogP contribution in [0.15, 0.2) is 36.4 Å². The predicted molar refractivity (Wildman–Crippen MR) is 73.6 cm³/mol. The standard InChI is InChI=1S/C15H15NO3/c1-9-3-5-12(14(18)7-9)15(19)16-13-6-4-11(17)8-10(13)2/h3-8,17-18H,1-2H3,(H,16,19). The van der Waals surface area contributed by atoms with E-state index in [-0.39, 0.29) is 23.0 Å². The number of carbonyl (C=O) groups excluding carboxylic acids is 1. The summed E-state index contributed by atoms with van der Waals surface area (Å²) in [5.74, 6) is -0.283. The number of amides is 1. The van der Waals surface area contributed by atoms with Crippen LogP contribution in [0, 0.1) is 13.8 Å². The second-order valence-electron chi connectivity index (χ2n) is 4.47. The Hall–Kier alpha value is -2.49. The van der Waals surface area contributed by atoms with Gasteiger partial charge in [0.2, 0.25) is 0 Å². The van der Waals surface area contributed by atoms with E-state index in [1.165, 1.54) is 6.07 Å². The smallest absolute Gasteiger partial charge is 0.259 e. The Balaban J connectivity index is 2.25. The van der Waals surface area contributed by atoms with Crippen LogP contribution in [0.25, 0.3) is 0 Å². The number of aromatic hydroxyl groups is 2. The summed E-state index contributed by atoms with van der Waals surface area (Å²) in [5.41, 5.74) is 2.45. The molecule has 0 saturated carbocycles. The first-order chi connectivity index (χ1) is 8.97. The van der Waals surface area contributed by atoms with Crippen LogP contribution in [0.5, 0.6) is 11.5 Å². The highest BCUT2D eigenvalue weighted by atomic mass is 16.3. The molecule has 0 aliphatic rings. The first-order valence-electron chi connectivity index (χ1n) is 5.88. The lowest BCUT2D eigenvalue weighted by Crippen LogP contribution is -2.12. The van der Waals surface area contributed by atoms with Crippen molar-refractivity contribution in [1.29, 1.82) is 0 Å². The molecule has 4 heteroatoms. The van der Waals surface area contributed by atoms with Crippen molar-refractivity contribution in [2.24, 2.45) is 0 Å². The van der Waals surface area contributed by atoms with E-state index in [0.29, 0.717) is 5.69 Å². The number of anilines is 1. The van der Waals surface area contributed by atoms with Gasteiger partial charge in [-0.2, -0.15) is 0 Å². The maximum absolute atomic E-state index is 12.0. The Morgan fingerprint density at radius 1 is 1.05 bits per heavy atom. The summed E-state index contributed by atoms with van der Waals surface area (Å²) < 4.78 is 0. The number of phenolic OH excluding ortho intramolecular Hbond substituents is 2. The second-order valence-corrected chi connectivity index (χ2v) is 4.47. The van der Waals surface area contributed by atoms with Gasteiger partial charge >= 0.3 is 0 Å². The first-order valence-corrected chi connectivity index (χ1v) is 5.88. The molecular formula is C15H15NO3. The lowest BCUT2D eigenvalue weighted by atomic mass is 10.1. The van der Waals surface area contributed by atoms with Crippen LogP contribution in [0.4, 0.5) is 5.69 Å². The number of nitrogens with one attached hydrogen (secondary N) is 1. The summed E-state index contributed by atoms with van der Waals surface area (Å²) in [6.45, 7) is 3.62. The van der Waals surface area contributed by atoms with Gasteiger partial charge in [0.1, 0.15) is 11.5 Å². The van der Waals surface area contributed by atoms with Crippen LogP contribution in [-0.2, 0) is 0 Å². The number of hydrogen-bond donors (Lipinski definition) is 3. The van der Waals surface area contributed by atoms with E-state index in [0.717, 1.165) is 11.1 Å². The fourth-order valence-electron chi connectivity index (χ4n) is 1.81. The predicted octanol–water partition coefficient (Wildman–Crippen LogP) is 2.97. The van der Waals surface area contributed by atoms with Gasteiger partial charge in [0.25, 0.3) is 5.91 Å². The second kappa shape index (κ2) is 5.02. The maximum atomic E-state index is 12.0. The van der Waals surface area contributed by atoms with E-state index >= 15 is 0 Å². The summed E-state index contributed by atoms with van der Waals surface area (Å²) in [6.07, 6.45) is 0. The fraction of sp³-hybridized carbons (Fsp3) is 0.133. The van der Waals surface area contributed by atoms with E-state index in [1.54, 1.807) is 37.3 Å². The number of rotatable bonds is 2. The van der Waals surface area contributed by atoms with E-state index < -0.39 is 0 Å². The van der Waals surface area contributed by atoms with Gasteiger partial charge in [-0.15, -0.1) is 0 Å². The van der Waals surface area contributed by atoms with Crippen LogP contribution in [0.3, 0.4) is 0 Å². The Bertz CT molecular complexity index is 635.